The molecular formula is C26H39N3O4S. The second kappa shape index (κ2) is 14.6. The Hall–Kier alpha value is -2.66. The molecule has 0 radical (unpaired) electrons. The molecule has 2 unspecified atom stereocenters. The van der Waals surface area contributed by atoms with Crippen molar-refractivity contribution >= 4 is 30.5 Å². The van der Waals surface area contributed by atoms with Crippen LogP contribution in [-0.2, 0) is 14.3 Å². The van der Waals surface area contributed by atoms with E-state index in [9.17, 15) is 14.4 Å². The smallest absolute Gasteiger partial charge is 0.408 e. The van der Waals surface area contributed by atoms with Gasteiger partial charge >= 0.3 is 6.09 Å². The summed E-state index contributed by atoms with van der Waals surface area (Å²) in [4.78, 5) is 40.7. The molecule has 0 spiro atoms. The molecule has 188 valence electrons. The maximum Gasteiger partial charge on any atom is 0.408 e. The van der Waals surface area contributed by atoms with Crippen molar-refractivity contribution in [3.63, 3.8) is 0 Å². The quantitative estimate of drug-likeness (QED) is 0.235. The van der Waals surface area contributed by atoms with E-state index in [1.54, 1.807) is 45.0 Å². The van der Waals surface area contributed by atoms with Crippen LogP contribution in [0.5, 0.6) is 0 Å². The first-order valence-corrected chi connectivity index (χ1v) is 12.5. The first-order chi connectivity index (χ1) is 16.1. The maximum absolute atomic E-state index is 13.6. The van der Waals surface area contributed by atoms with E-state index < -0.39 is 29.7 Å². The summed E-state index contributed by atoms with van der Waals surface area (Å²) in [6.07, 6.45) is 8.28. The number of carbonyl (C=O) groups is 3. The molecule has 3 amide bonds. The SMILES string of the molecule is C#Cc1ccc(C(C(=O)NCCCCC)N(CCC)C(=O)C(CS)NC(=O)OC(C)(C)C)cc1. The van der Waals surface area contributed by atoms with E-state index in [2.05, 4.69) is 36.1 Å². The zero-order chi connectivity index (χ0) is 25.7. The molecule has 0 heterocycles. The van der Waals surface area contributed by atoms with E-state index in [1.165, 1.54) is 4.90 Å². The molecular weight excluding hydrogens is 450 g/mol. The summed E-state index contributed by atoms with van der Waals surface area (Å²) in [5, 5.41) is 5.56. The predicted octanol–water partition coefficient (Wildman–Crippen LogP) is 4.08. The Morgan fingerprint density at radius 1 is 1.12 bits per heavy atom. The van der Waals surface area contributed by atoms with Crippen molar-refractivity contribution in [3.8, 4) is 12.3 Å². The highest BCUT2D eigenvalue weighted by Crippen LogP contribution is 2.24. The summed E-state index contributed by atoms with van der Waals surface area (Å²) in [6, 6.07) is 5.19. The van der Waals surface area contributed by atoms with Gasteiger partial charge in [0.25, 0.3) is 0 Å². The van der Waals surface area contributed by atoms with Crippen molar-refractivity contribution in [2.45, 2.75) is 78.0 Å². The summed E-state index contributed by atoms with van der Waals surface area (Å²) in [6.45, 7) is 10.1. The van der Waals surface area contributed by atoms with Crippen molar-refractivity contribution in [1.29, 1.82) is 0 Å². The van der Waals surface area contributed by atoms with Crippen LogP contribution >= 0.6 is 12.6 Å². The zero-order valence-corrected chi connectivity index (χ0v) is 21.9. The van der Waals surface area contributed by atoms with Gasteiger partial charge in [-0.05, 0) is 51.3 Å². The third-order valence-electron chi connectivity index (χ3n) is 4.95. The number of nitrogens with one attached hydrogen (secondary N) is 2. The number of amides is 3. The van der Waals surface area contributed by atoms with E-state index in [-0.39, 0.29) is 11.7 Å². The molecule has 34 heavy (non-hydrogen) atoms. The topological polar surface area (TPSA) is 87.7 Å². The van der Waals surface area contributed by atoms with Crippen molar-refractivity contribution in [3.05, 3.63) is 35.4 Å². The summed E-state index contributed by atoms with van der Waals surface area (Å²) < 4.78 is 5.30. The normalized spacial score (nSPS) is 12.7. The molecule has 0 bridgehead atoms. The fraction of sp³-hybridized carbons (Fsp3) is 0.577. The lowest BCUT2D eigenvalue weighted by Gasteiger charge is -2.34. The largest absolute Gasteiger partial charge is 0.444 e. The van der Waals surface area contributed by atoms with Gasteiger partial charge in [-0.2, -0.15) is 12.6 Å². The molecule has 0 aromatic heterocycles. The van der Waals surface area contributed by atoms with Gasteiger partial charge in [0.2, 0.25) is 11.8 Å². The number of carbonyl (C=O) groups excluding carboxylic acids is 3. The molecule has 7 nitrogen and oxygen atoms in total. The zero-order valence-electron chi connectivity index (χ0n) is 21.0. The number of thiol groups is 1. The van der Waals surface area contributed by atoms with Gasteiger partial charge in [0.1, 0.15) is 17.7 Å². The predicted molar refractivity (Wildman–Crippen MR) is 139 cm³/mol. The van der Waals surface area contributed by atoms with Crippen molar-refractivity contribution in [2.24, 2.45) is 0 Å². The first kappa shape index (κ1) is 29.4. The highest BCUT2D eigenvalue weighted by molar-refractivity contribution is 7.80. The number of terminal acetylenes is 1. The maximum atomic E-state index is 13.6. The molecule has 1 aromatic carbocycles. The molecule has 1 rings (SSSR count). The average Bonchev–Trinajstić information content (AvgIpc) is 2.78. The lowest BCUT2D eigenvalue weighted by Crippen LogP contribution is -2.54. The molecule has 0 aliphatic rings. The number of hydrogen-bond donors (Lipinski definition) is 3. The Balaban J connectivity index is 3.26. The van der Waals surface area contributed by atoms with Gasteiger partial charge in [-0.1, -0.05) is 44.7 Å². The Morgan fingerprint density at radius 3 is 2.26 bits per heavy atom. The van der Waals surface area contributed by atoms with Crippen LogP contribution in [0.4, 0.5) is 4.79 Å². The van der Waals surface area contributed by atoms with Gasteiger partial charge in [-0.15, -0.1) is 6.42 Å². The van der Waals surface area contributed by atoms with Crippen LogP contribution in [0.3, 0.4) is 0 Å². The van der Waals surface area contributed by atoms with Crippen LogP contribution in [0.25, 0.3) is 0 Å². The number of rotatable bonds is 12. The van der Waals surface area contributed by atoms with Gasteiger partial charge in [0.15, 0.2) is 0 Å². The number of alkyl carbamates (subject to hydrolysis) is 1. The van der Waals surface area contributed by atoms with Crippen molar-refractivity contribution in [2.75, 3.05) is 18.8 Å². The molecule has 2 atom stereocenters. The third-order valence-corrected chi connectivity index (χ3v) is 5.32. The number of hydrogen-bond acceptors (Lipinski definition) is 5. The van der Waals surface area contributed by atoms with Gasteiger partial charge in [-0.3, -0.25) is 9.59 Å². The second-order valence-corrected chi connectivity index (χ2v) is 9.45. The number of nitrogens with zero attached hydrogens (tertiary/aromatic N) is 1. The minimum Gasteiger partial charge on any atom is -0.444 e. The highest BCUT2D eigenvalue weighted by atomic mass is 32.1. The molecule has 0 saturated heterocycles. The second-order valence-electron chi connectivity index (χ2n) is 9.08. The van der Waals surface area contributed by atoms with Crippen molar-refractivity contribution in [1.82, 2.24) is 15.5 Å². The van der Waals surface area contributed by atoms with E-state index in [0.29, 0.717) is 30.6 Å². The van der Waals surface area contributed by atoms with Gasteiger partial charge in [0, 0.05) is 24.4 Å². The summed E-state index contributed by atoms with van der Waals surface area (Å²) >= 11 is 4.28. The molecule has 2 N–H and O–H groups in total. The Labute approximate surface area is 209 Å². The third kappa shape index (κ3) is 9.68. The van der Waals surface area contributed by atoms with Gasteiger partial charge in [-0.25, -0.2) is 4.79 Å². The standard InChI is InChI=1S/C26H39N3O4S/c1-7-10-11-16-27-23(30)22(20-14-12-19(9-3)13-15-20)29(17-8-2)24(31)21(18-34)28-25(32)33-26(4,5)6/h3,12-15,21-22,34H,7-8,10-11,16-18H2,1-2,4-6H3,(H,27,30)(H,28,32). The summed E-state index contributed by atoms with van der Waals surface area (Å²) in [5.41, 5.74) is 0.611. The Kier molecular flexibility index (Phi) is 12.6. The summed E-state index contributed by atoms with van der Waals surface area (Å²) in [7, 11) is 0. The van der Waals surface area contributed by atoms with Crippen LogP contribution in [0.2, 0.25) is 0 Å². The molecule has 0 aliphatic carbocycles. The monoisotopic (exact) mass is 489 g/mol. The van der Waals surface area contributed by atoms with E-state index in [0.717, 1.165) is 19.3 Å². The van der Waals surface area contributed by atoms with Crippen molar-refractivity contribution < 1.29 is 19.1 Å². The Morgan fingerprint density at radius 2 is 1.76 bits per heavy atom. The van der Waals surface area contributed by atoms with Gasteiger partial charge < -0.3 is 20.3 Å². The van der Waals surface area contributed by atoms with Crippen LogP contribution in [0, 0.1) is 12.3 Å². The van der Waals surface area contributed by atoms with Gasteiger partial charge in [0.05, 0.1) is 0 Å². The highest BCUT2D eigenvalue weighted by Gasteiger charge is 2.35. The molecule has 0 saturated carbocycles. The lowest BCUT2D eigenvalue weighted by molar-refractivity contribution is -0.142. The minimum absolute atomic E-state index is 0.0547. The lowest BCUT2D eigenvalue weighted by atomic mass is 10.0. The van der Waals surface area contributed by atoms with E-state index in [1.807, 2.05) is 6.92 Å². The molecule has 0 fully saturated rings. The fourth-order valence-electron chi connectivity index (χ4n) is 3.36. The van der Waals surface area contributed by atoms with E-state index in [4.69, 9.17) is 11.2 Å². The molecule has 1 aromatic rings. The average molecular weight is 490 g/mol. The minimum atomic E-state index is -0.954. The number of unbranched alkanes of at least 4 members (excludes halogenated alkanes) is 2. The Bertz CT molecular complexity index is 843. The number of ether oxygens (including phenoxy) is 1. The number of benzene rings is 1. The van der Waals surface area contributed by atoms with Crippen LogP contribution in [-0.4, -0.2) is 53.3 Å². The fourth-order valence-corrected chi connectivity index (χ4v) is 3.61. The first-order valence-electron chi connectivity index (χ1n) is 11.8. The van der Waals surface area contributed by atoms with Crippen LogP contribution in [0.15, 0.2) is 24.3 Å². The molecule has 8 heteroatoms. The molecule has 0 aliphatic heterocycles. The van der Waals surface area contributed by atoms with E-state index >= 15 is 0 Å². The summed E-state index contributed by atoms with van der Waals surface area (Å²) in [5.74, 6) is 1.94. The van der Waals surface area contributed by atoms with Crippen LogP contribution < -0.4 is 10.6 Å². The van der Waals surface area contributed by atoms with Crippen LogP contribution in [0.1, 0.15) is 77.5 Å².